The number of anilines is 1. The molecule has 0 saturated carbocycles. The molecule has 3 N–H and O–H groups in total. The highest BCUT2D eigenvalue weighted by molar-refractivity contribution is 5.83. The predicted molar refractivity (Wildman–Crippen MR) is 89.6 cm³/mol. The van der Waals surface area contributed by atoms with Gasteiger partial charge < -0.3 is 14.8 Å². The third-order valence-corrected chi connectivity index (χ3v) is 3.93. The molecule has 2 heterocycles. The van der Waals surface area contributed by atoms with E-state index >= 15 is 0 Å². The monoisotopic (exact) mass is 357 g/mol. The second kappa shape index (κ2) is 6.43. The molecule has 0 fully saturated rings. The number of halogens is 2. The molecular formula is C17H13F2N5O2. The predicted octanol–water partition coefficient (Wildman–Crippen LogP) is 3.54. The number of nitrogens with one attached hydrogen (secondary N) is 2. The average Bonchev–Trinajstić information content (AvgIpc) is 3.30. The number of phenolic OH excluding ortho intramolecular Hbond substituents is 1. The number of aromatic amines is 1. The maximum absolute atomic E-state index is 14.3. The van der Waals surface area contributed by atoms with Crippen LogP contribution < -0.4 is 5.32 Å². The van der Waals surface area contributed by atoms with Gasteiger partial charge in [-0.15, -0.1) is 5.10 Å². The summed E-state index contributed by atoms with van der Waals surface area (Å²) in [5, 5.41) is 26.4. The summed E-state index contributed by atoms with van der Waals surface area (Å²) in [5.74, 6) is 0.0368. The fourth-order valence-corrected chi connectivity index (χ4v) is 2.66. The zero-order valence-electron chi connectivity index (χ0n) is 13.3. The number of phenols is 1. The van der Waals surface area contributed by atoms with Crippen LogP contribution in [0.4, 0.5) is 14.5 Å². The van der Waals surface area contributed by atoms with Crippen molar-refractivity contribution in [3.8, 4) is 17.3 Å². The van der Waals surface area contributed by atoms with Gasteiger partial charge in [-0.05, 0) is 52.4 Å². The molecule has 0 bridgehead atoms. The van der Waals surface area contributed by atoms with Gasteiger partial charge in [0.2, 0.25) is 5.82 Å². The molecule has 0 spiro atoms. The minimum absolute atomic E-state index is 0.0988. The summed E-state index contributed by atoms with van der Waals surface area (Å²) >= 11 is 0. The number of hydrogen-bond acceptors (Lipinski definition) is 6. The van der Waals surface area contributed by atoms with E-state index in [2.05, 4.69) is 25.9 Å². The summed E-state index contributed by atoms with van der Waals surface area (Å²) < 4.78 is 32.6. The van der Waals surface area contributed by atoms with Crippen LogP contribution >= 0.6 is 0 Å². The summed E-state index contributed by atoms with van der Waals surface area (Å²) in [6.07, 6.45) is 0. The van der Waals surface area contributed by atoms with E-state index in [9.17, 15) is 13.9 Å². The Labute approximate surface area is 145 Å². The zero-order chi connectivity index (χ0) is 18.1. The number of rotatable bonds is 5. The fourth-order valence-electron chi connectivity index (χ4n) is 2.66. The van der Waals surface area contributed by atoms with Crippen molar-refractivity contribution >= 4 is 16.7 Å². The number of tetrazole rings is 1. The highest BCUT2D eigenvalue weighted by Crippen LogP contribution is 2.29. The minimum atomic E-state index is -0.768. The van der Waals surface area contributed by atoms with Crippen LogP contribution in [0, 0.1) is 5.82 Å². The molecule has 0 aliphatic rings. The lowest BCUT2D eigenvalue weighted by atomic mass is 10.1. The molecule has 2 aromatic heterocycles. The van der Waals surface area contributed by atoms with Crippen molar-refractivity contribution in [2.45, 2.75) is 13.2 Å². The van der Waals surface area contributed by atoms with E-state index in [1.54, 1.807) is 18.2 Å². The molecule has 132 valence electrons. The van der Waals surface area contributed by atoms with E-state index in [1.165, 1.54) is 18.2 Å². The lowest BCUT2D eigenvalue weighted by Gasteiger charge is -2.09. The Morgan fingerprint density at radius 3 is 2.85 bits per heavy atom. The third-order valence-electron chi connectivity index (χ3n) is 3.93. The number of furan rings is 1. The molecule has 0 saturated heterocycles. The summed E-state index contributed by atoms with van der Waals surface area (Å²) in [7, 11) is 0. The smallest absolute Gasteiger partial charge is 0.215 e. The standard InChI is InChI=1S/C17H13F2N5O2/c18-7-11-5-12(1-2-14(11)25)20-8-9-3-10-6-15(17-21-23-24-22-17)26-16(10)13(19)4-9/h1-6,20,25H,7-8H2,(H,21,22,23,24). The van der Waals surface area contributed by atoms with Gasteiger partial charge in [-0.25, -0.2) is 13.9 Å². The number of aromatic hydroxyl groups is 1. The summed E-state index contributed by atoms with van der Waals surface area (Å²) in [4.78, 5) is 0. The van der Waals surface area contributed by atoms with Crippen LogP contribution in [0.5, 0.6) is 5.75 Å². The summed E-state index contributed by atoms with van der Waals surface area (Å²) in [5.41, 5.74) is 1.60. The Bertz CT molecular complexity index is 1060. The van der Waals surface area contributed by atoms with Crippen molar-refractivity contribution in [3.63, 3.8) is 0 Å². The van der Waals surface area contributed by atoms with Gasteiger partial charge >= 0.3 is 0 Å². The third kappa shape index (κ3) is 2.94. The number of hydrogen-bond donors (Lipinski definition) is 3. The normalized spacial score (nSPS) is 11.2. The molecule has 0 amide bonds. The average molecular weight is 357 g/mol. The van der Waals surface area contributed by atoms with Crippen LogP contribution in [0.25, 0.3) is 22.6 Å². The van der Waals surface area contributed by atoms with E-state index in [-0.39, 0.29) is 16.9 Å². The summed E-state index contributed by atoms with van der Waals surface area (Å²) in [6, 6.07) is 9.32. The molecule has 0 aliphatic carbocycles. The Hall–Kier alpha value is -3.49. The van der Waals surface area contributed by atoms with Gasteiger partial charge in [-0.2, -0.15) is 0 Å². The van der Waals surface area contributed by atoms with Crippen molar-refractivity contribution in [2.24, 2.45) is 0 Å². The fraction of sp³-hybridized carbons (Fsp3) is 0.118. The zero-order valence-corrected chi connectivity index (χ0v) is 13.3. The molecular weight excluding hydrogens is 344 g/mol. The van der Waals surface area contributed by atoms with Crippen molar-refractivity contribution in [1.82, 2.24) is 20.6 Å². The van der Waals surface area contributed by atoms with E-state index in [0.717, 1.165) is 0 Å². The first-order valence-electron chi connectivity index (χ1n) is 7.72. The molecule has 2 aromatic carbocycles. The van der Waals surface area contributed by atoms with E-state index < -0.39 is 12.5 Å². The number of alkyl halides is 1. The Balaban J connectivity index is 1.59. The molecule has 9 heteroatoms. The van der Waals surface area contributed by atoms with Crippen LogP contribution in [-0.4, -0.2) is 25.7 Å². The lowest BCUT2D eigenvalue weighted by Crippen LogP contribution is -2.00. The number of aromatic nitrogens is 4. The van der Waals surface area contributed by atoms with Crippen LogP contribution in [0.15, 0.2) is 40.8 Å². The van der Waals surface area contributed by atoms with Gasteiger partial charge in [0.25, 0.3) is 0 Å². The second-order valence-corrected chi connectivity index (χ2v) is 5.69. The van der Waals surface area contributed by atoms with Crippen LogP contribution in [0.2, 0.25) is 0 Å². The number of H-pyrrole nitrogens is 1. The second-order valence-electron chi connectivity index (χ2n) is 5.69. The Morgan fingerprint density at radius 2 is 2.08 bits per heavy atom. The van der Waals surface area contributed by atoms with E-state index in [1.807, 2.05) is 0 Å². The highest BCUT2D eigenvalue weighted by atomic mass is 19.1. The van der Waals surface area contributed by atoms with Gasteiger partial charge in [0.1, 0.15) is 12.4 Å². The SMILES string of the molecule is Oc1ccc(NCc2cc(F)c3oc(-c4nnn[nH]4)cc3c2)cc1CF. The Kier molecular flexibility index (Phi) is 3.96. The van der Waals surface area contributed by atoms with Gasteiger partial charge in [0.15, 0.2) is 17.2 Å². The quantitative estimate of drug-likeness (QED) is 0.473. The molecule has 0 atom stereocenters. The topological polar surface area (TPSA) is 99.9 Å². The number of fused-ring (bicyclic) bond motifs is 1. The molecule has 4 rings (SSSR count). The van der Waals surface area contributed by atoms with Gasteiger partial charge in [0.05, 0.1) is 0 Å². The number of nitrogens with zero attached hydrogens (tertiary/aromatic N) is 3. The van der Waals surface area contributed by atoms with Crippen LogP contribution in [0.1, 0.15) is 11.1 Å². The first kappa shape index (κ1) is 16.0. The molecule has 7 nitrogen and oxygen atoms in total. The summed E-state index contributed by atoms with van der Waals surface area (Å²) in [6.45, 7) is -0.454. The van der Waals surface area contributed by atoms with Gasteiger partial charge in [0, 0.05) is 23.2 Å². The maximum atomic E-state index is 14.3. The lowest BCUT2D eigenvalue weighted by molar-refractivity contribution is 0.433. The molecule has 0 radical (unpaired) electrons. The van der Waals surface area contributed by atoms with Crippen LogP contribution in [-0.2, 0) is 13.2 Å². The van der Waals surface area contributed by atoms with Gasteiger partial charge in [-0.1, -0.05) is 0 Å². The van der Waals surface area contributed by atoms with E-state index in [0.29, 0.717) is 34.8 Å². The van der Waals surface area contributed by atoms with Crippen molar-refractivity contribution in [3.05, 3.63) is 53.3 Å². The first-order chi connectivity index (χ1) is 12.6. The number of benzene rings is 2. The molecule has 0 unspecified atom stereocenters. The molecule has 0 aliphatic heterocycles. The van der Waals surface area contributed by atoms with Gasteiger partial charge in [-0.3, -0.25) is 0 Å². The first-order valence-corrected chi connectivity index (χ1v) is 7.72. The van der Waals surface area contributed by atoms with E-state index in [4.69, 9.17) is 4.42 Å². The maximum Gasteiger partial charge on any atom is 0.215 e. The van der Waals surface area contributed by atoms with Crippen molar-refractivity contribution in [2.75, 3.05) is 5.32 Å². The van der Waals surface area contributed by atoms with Crippen molar-refractivity contribution in [1.29, 1.82) is 0 Å². The highest BCUT2D eigenvalue weighted by Gasteiger charge is 2.14. The largest absolute Gasteiger partial charge is 0.508 e. The van der Waals surface area contributed by atoms with Crippen molar-refractivity contribution < 1.29 is 18.3 Å². The minimum Gasteiger partial charge on any atom is -0.508 e. The molecule has 4 aromatic rings. The molecule has 26 heavy (non-hydrogen) atoms. The Morgan fingerprint density at radius 1 is 1.19 bits per heavy atom. The van der Waals surface area contributed by atoms with Crippen LogP contribution in [0.3, 0.4) is 0 Å².